The number of aliphatic hydroxyl groups excluding tert-OH is 1. The Hall–Kier alpha value is -2.54. The second-order valence-electron chi connectivity index (χ2n) is 6.68. The molecule has 0 radical (unpaired) electrons. The van der Waals surface area contributed by atoms with Crippen molar-refractivity contribution < 1.29 is 18.4 Å². The van der Waals surface area contributed by atoms with Crippen LogP contribution < -0.4 is 4.90 Å². The lowest BCUT2D eigenvalue weighted by Crippen LogP contribution is -2.46. The molecule has 0 amide bonds. The normalized spacial score (nSPS) is 14.9. The van der Waals surface area contributed by atoms with Gasteiger partial charge in [0.05, 0.1) is 17.0 Å². The van der Waals surface area contributed by atoms with E-state index in [1.165, 1.54) is 23.4 Å². The molecule has 2 atom stereocenters. The Bertz CT molecular complexity index is 872. The van der Waals surface area contributed by atoms with Crippen LogP contribution >= 0.6 is 0 Å². The van der Waals surface area contributed by atoms with E-state index >= 15 is 4.39 Å². The Morgan fingerprint density at radius 3 is 2.59 bits per heavy atom. The van der Waals surface area contributed by atoms with Crippen LogP contribution in [-0.4, -0.2) is 27.5 Å². The first kappa shape index (κ1) is 19.2. The molecule has 3 rings (SSSR count). The van der Waals surface area contributed by atoms with Crippen LogP contribution in [-0.2, 0) is 5.79 Å². The summed E-state index contributed by atoms with van der Waals surface area (Å²) in [5.41, 5.74) is -0.429. The average molecular weight is 377 g/mol. The highest BCUT2D eigenvalue weighted by atomic mass is 19.2. The van der Waals surface area contributed by atoms with Crippen LogP contribution in [0.15, 0.2) is 48.8 Å². The molecular formula is C20H22F3N3O. The summed E-state index contributed by atoms with van der Waals surface area (Å²) < 4.78 is 45.8. The van der Waals surface area contributed by atoms with Crippen molar-refractivity contribution in [3.63, 3.8) is 0 Å². The summed E-state index contributed by atoms with van der Waals surface area (Å²) in [6.45, 7) is 2.89. The molecule has 3 aromatic rings. The molecule has 0 aliphatic carbocycles. The highest BCUT2D eigenvalue weighted by molar-refractivity contribution is 5.81. The molecule has 0 fully saturated rings. The van der Waals surface area contributed by atoms with Crippen molar-refractivity contribution in [1.29, 1.82) is 0 Å². The Kier molecular flexibility index (Phi) is 5.41. The van der Waals surface area contributed by atoms with Crippen molar-refractivity contribution >= 4 is 16.6 Å². The molecule has 2 unspecified atom stereocenters. The first-order chi connectivity index (χ1) is 12.9. The first-order valence-corrected chi connectivity index (χ1v) is 8.88. The van der Waals surface area contributed by atoms with E-state index in [0.717, 1.165) is 6.92 Å². The Balaban J connectivity index is 2.13. The largest absolute Gasteiger partial charge is 0.391 e. The number of nitrogens with zero attached hydrogens (tertiary/aromatic N) is 3. The SMILES string of the molecule is CCCC(O)CN(c1ccccc1)C(C)(F)c1c(F)c2cnccc2n1F. The molecule has 0 aliphatic rings. The van der Waals surface area contributed by atoms with Crippen molar-refractivity contribution in [1.82, 2.24) is 9.77 Å². The molecule has 7 heteroatoms. The van der Waals surface area contributed by atoms with Gasteiger partial charge in [0.25, 0.3) is 0 Å². The number of hydrogen-bond donors (Lipinski definition) is 1. The monoisotopic (exact) mass is 377 g/mol. The van der Waals surface area contributed by atoms with Crippen LogP contribution in [0.3, 0.4) is 0 Å². The van der Waals surface area contributed by atoms with E-state index in [0.29, 0.717) is 18.5 Å². The highest BCUT2D eigenvalue weighted by Gasteiger charge is 2.42. The zero-order chi connectivity index (χ0) is 19.6. The van der Waals surface area contributed by atoms with Crippen LogP contribution in [0.4, 0.5) is 18.9 Å². The summed E-state index contributed by atoms with van der Waals surface area (Å²) >= 11 is 0. The molecule has 0 saturated carbocycles. The molecule has 0 saturated heterocycles. The third-order valence-corrected chi connectivity index (χ3v) is 4.67. The van der Waals surface area contributed by atoms with Crippen LogP contribution in [0, 0.1) is 5.82 Å². The smallest absolute Gasteiger partial charge is 0.226 e. The molecule has 2 heterocycles. The predicted octanol–water partition coefficient (Wildman–Crippen LogP) is 4.72. The van der Waals surface area contributed by atoms with Crippen LogP contribution in [0.5, 0.6) is 0 Å². The minimum absolute atomic E-state index is 0.0223. The zero-order valence-electron chi connectivity index (χ0n) is 15.2. The summed E-state index contributed by atoms with van der Waals surface area (Å²) in [6, 6.07) is 9.74. The zero-order valence-corrected chi connectivity index (χ0v) is 15.2. The van der Waals surface area contributed by atoms with Gasteiger partial charge in [-0.15, -0.1) is 0 Å². The van der Waals surface area contributed by atoms with Gasteiger partial charge in [-0.1, -0.05) is 36.0 Å². The summed E-state index contributed by atoms with van der Waals surface area (Å²) in [5.74, 6) is -3.55. The maximum absolute atomic E-state index is 16.0. The number of rotatable bonds is 7. The van der Waals surface area contributed by atoms with Crippen molar-refractivity contribution in [3.05, 3.63) is 60.3 Å². The van der Waals surface area contributed by atoms with Gasteiger partial charge in [-0.2, -0.15) is 4.79 Å². The van der Waals surface area contributed by atoms with Gasteiger partial charge in [0.2, 0.25) is 5.79 Å². The molecule has 144 valence electrons. The summed E-state index contributed by atoms with van der Waals surface area (Å²) in [4.78, 5) is 5.00. The lowest BCUT2D eigenvalue weighted by atomic mass is 10.1. The summed E-state index contributed by atoms with van der Waals surface area (Å²) in [6.07, 6.45) is 2.80. The van der Waals surface area contributed by atoms with E-state index in [4.69, 9.17) is 0 Å². The molecule has 1 aromatic carbocycles. The number of alkyl halides is 1. The van der Waals surface area contributed by atoms with Gasteiger partial charge in [-0.3, -0.25) is 4.98 Å². The van der Waals surface area contributed by atoms with E-state index in [1.807, 2.05) is 6.92 Å². The van der Waals surface area contributed by atoms with Crippen LogP contribution in [0.2, 0.25) is 0 Å². The molecule has 4 nitrogen and oxygen atoms in total. The summed E-state index contributed by atoms with van der Waals surface area (Å²) in [7, 11) is 0. The fraction of sp³-hybridized carbons (Fsp3) is 0.350. The summed E-state index contributed by atoms with van der Waals surface area (Å²) in [5, 5.41) is 10.2. The Morgan fingerprint density at radius 2 is 1.96 bits per heavy atom. The lowest BCUT2D eigenvalue weighted by molar-refractivity contribution is 0.109. The maximum Gasteiger partial charge on any atom is 0.226 e. The second-order valence-corrected chi connectivity index (χ2v) is 6.68. The number of halogens is 3. The molecule has 2 aromatic heterocycles. The van der Waals surface area contributed by atoms with Crippen LogP contribution in [0.1, 0.15) is 32.4 Å². The van der Waals surface area contributed by atoms with Crippen molar-refractivity contribution in [3.8, 4) is 0 Å². The molecule has 0 spiro atoms. The minimum atomic E-state index is -2.55. The van der Waals surface area contributed by atoms with Gasteiger partial charge in [0, 0.05) is 24.6 Å². The molecule has 1 N–H and O–H groups in total. The number of para-hydroxylation sites is 1. The number of fused-ring (bicyclic) bond motifs is 1. The van der Waals surface area contributed by atoms with Gasteiger partial charge in [0.15, 0.2) is 5.82 Å². The second kappa shape index (κ2) is 7.60. The molecule has 0 bridgehead atoms. The van der Waals surface area contributed by atoms with Gasteiger partial charge in [0.1, 0.15) is 5.69 Å². The predicted molar refractivity (Wildman–Crippen MR) is 99.4 cm³/mol. The fourth-order valence-corrected chi connectivity index (χ4v) is 3.33. The standard InChI is InChI=1S/C20H22F3N3O/c1-3-7-15(27)13-25(14-8-5-4-6-9-14)20(2,22)19-18(21)16-12-24-11-10-17(16)26(19)23/h4-6,8-12,15,27H,3,7,13H2,1-2H3. The Morgan fingerprint density at radius 1 is 1.26 bits per heavy atom. The van der Waals surface area contributed by atoms with E-state index in [2.05, 4.69) is 4.98 Å². The third kappa shape index (κ3) is 3.51. The lowest BCUT2D eigenvalue weighted by Gasteiger charge is -2.37. The average Bonchev–Trinajstić information content (AvgIpc) is 2.92. The van der Waals surface area contributed by atoms with Gasteiger partial charge >= 0.3 is 0 Å². The maximum atomic E-state index is 16.0. The number of pyridine rings is 1. The van der Waals surface area contributed by atoms with E-state index < -0.39 is 23.4 Å². The van der Waals surface area contributed by atoms with Crippen LogP contribution in [0.25, 0.3) is 10.9 Å². The van der Waals surface area contributed by atoms with E-state index in [-0.39, 0.29) is 22.2 Å². The molecule has 27 heavy (non-hydrogen) atoms. The van der Waals surface area contributed by atoms with Gasteiger partial charge in [-0.25, -0.2) is 8.78 Å². The Labute approximate surface area is 155 Å². The van der Waals surface area contributed by atoms with Gasteiger partial charge in [-0.05, 0) is 31.5 Å². The number of benzene rings is 1. The number of aliphatic hydroxyl groups is 1. The molecular weight excluding hydrogens is 355 g/mol. The van der Waals surface area contributed by atoms with Crippen molar-refractivity contribution in [2.24, 2.45) is 0 Å². The number of aromatic nitrogens is 2. The topological polar surface area (TPSA) is 41.3 Å². The molecule has 0 aliphatic heterocycles. The third-order valence-electron chi connectivity index (χ3n) is 4.67. The quantitative estimate of drug-likeness (QED) is 0.606. The van der Waals surface area contributed by atoms with E-state index in [9.17, 15) is 14.0 Å². The van der Waals surface area contributed by atoms with E-state index in [1.54, 1.807) is 30.3 Å². The first-order valence-electron chi connectivity index (χ1n) is 8.88. The van der Waals surface area contributed by atoms with Crippen molar-refractivity contribution in [2.75, 3.05) is 11.4 Å². The number of hydrogen-bond acceptors (Lipinski definition) is 3. The minimum Gasteiger partial charge on any atom is -0.391 e. The van der Waals surface area contributed by atoms with Gasteiger partial charge < -0.3 is 10.0 Å². The highest BCUT2D eigenvalue weighted by Crippen LogP contribution is 2.39. The number of anilines is 1. The van der Waals surface area contributed by atoms with Crippen molar-refractivity contribution in [2.45, 2.75) is 38.6 Å². The fourth-order valence-electron chi connectivity index (χ4n) is 3.33.